The van der Waals surface area contributed by atoms with Crippen LogP contribution in [0.2, 0.25) is 0 Å². The van der Waals surface area contributed by atoms with Crippen LogP contribution in [0.1, 0.15) is 5.56 Å². The van der Waals surface area contributed by atoms with E-state index in [-0.39, 0.29) is 0 Å². The number of rotatable bonds is 1. The van der Waals surface area contributed by atoms with Crippen molar-refractivity contribution in [2.24, 2.45) is 5.73 Å². The van der Waals surface area contributed by atoms with Crippen molar-refractivity contribution < 1.29 is 4.79 Å². The maximum absolute atomic E-state index is 10.5. The van der Waals surface area contributed by atoms with Gasteiger partial charge in [0.2, 0.25) is 0 Å². The summed E-state index contributed by atoms with van der Waals surface area (Å²) in [5, 5.41) is 2.53. The van der Waals surface area contributed by atoms with E-state index in [1.165, 1.54) is 0 Å². The number of urea groups is 1. The van der Waals surface area contributed by atoms with Gasteiger partial charge < -0.3 is 11.1 Å². The van der Waals surface area contributed by atoms with Gasteiger partial charge in [-0.05, 0) is 47.2 Å². The summed E-state index contributed by atoms with van der Waals surface area (Å²) < 4.78 is 0.992. The molecule has 1 aromatic carbocycles. The average molecular weight is 276 g/mol. The topological polar surface area (TPSA) is 55.1 Å². The molecule has 1 rings (SSSR count). The quantitative estimate of drug-likeness (QED) is 0.758. The number of amides is 2. The van der Waals surface area contributed by atoms with Crippen LogP contribution >= 0.6 is 22.6 Å². The van der Waals surface area contributed by atoms with Gasteiger partial charge in [-0.25, -0.2) is 4.79 Å². The Morgan fingerprint density at radius 3 is 2.75 bits per heavy atom. The lowest BCUT2D eigenvalue weighted by Gasteiger charge is -2.04. The predicted octanol–water partition coefficient (Wildman–Crippen LogP) is 2.09. The monoisotopic (exact) mass is 276 g/mol. The average Bonchev–Trinajstić information content (AvgIpc) is 1.94. The minimum atomic E-state index is -0.531. The van der Waals surface area contributed by atoms with Crippen LogP contribution in [-0.4, -0.2) is 6.03 Å². The van der Waals surface area contributed by atoms with E-state index in [0.29, 0.717) is 0 Å². The highest BCUT2D eigenvalue weighted by Gasteiger charge is 2.00. The normalized spacial score (nSPS) is 9.50. The number of carbonyl (C=O) groups excluding carboxylic acids is 1. The van der Waals surface area contributed by atoms with E-state index in [4.69, 9.17) is 5.73 Å². The molecule has 0 saturated heterocycles. The summed E-state index contributed by atoms with van der Waals surface area (Å²) in [6, 6.07) is 5.21. The molecular weight excluding hydrogens is 267 g/mol. The lowest BCUT2D eigenvalue weighted by molar-refractivity contribution is 0.259. The van der Waals surface area contributed by atoms with E-state index in [9.17, 15) is 4.79 Å². The molecule has 0 aliphatic rings. The van der Waals surface area contributed by atoms with Gasteiger partial charge in [0.1, 0.15) is 0 Å². The number of hydrogen-bond donors (Lipinski definition) is 2. The first kappa shape index (κ1) is 9.31. The van der Waals surface area contributed by atoms with E-state index in [2.05, 4.69) is 27.9 Å². The van der Waals surface area contributed by atoms with Crippen LogP contribution in [0.25, 0.3) is 0 Å². The highest BCUT2D eigenvalue weighted by atomic mass is 127. The molecule has 2 amide bonds. The first-order chi connectivity index (χ1) is 5.59. The van der Waals surface area contributed by atoms with Crippen molar-refractivity contribution in [3.8, 4) is 0 Å². The van der Waals surface area contributed by atoms with Crippen LogP contribution < -0.4 is 11.1 Å². The molecule has 3 N–H and O–H groups in total. The maximum Gasteiger partial charge on any atom is 0.316 e. The molecule has 0 spiro atoms. The zero-order chi connectivity index (χ0) is 9.14. The van der Waals surface area contributed by atoms with E-state index < -0.39 is 6.03 Å². The fraction of sp³-hybridized carbons (Fsp3) is 0.125. The Labute approximate surface area is 84.5 Å². The molecule has 64 valence electrons. The van der Waals surface area contributed by atoms with Gasteiger partial charge in [-0.2, -0.15) is 0 Å². The Morgan fingerprint density at radius 2 is 2.25 bits per heavy atom. The number of nitrogens with two attached hydrogens (primary N) is 1. The number of primary amides is 1. The van der Waals surface area contributed by atoms with Gasteiger partial charge in [-0.1, -0.05) is 6.07 Å². The van der Waals surface area contributed by atoms with E-state index in [1.807, 2.05) is 25.1 Å². The number of nitrogens with one attached hydrogen (secondary N) is 1. The molecule has 0 aromatic heterocycles. The fourth-order valence-corrected chi connectivity index (χ4v) is 1.66. The number of hydrogen-bond acceptors (Lipinski definition) is 1. The van der Waals surface area contributed by atoms with Gasteiger partial charge in [0, 0.05) is 3.57 Å². The van der Waals surface area contributed by atoms with Crippen LogP contribution in [0.4, 0.5) is 10.5 Å². The summed E-state index contributed by atoms with van der Waals surface area (Å²) in [4.78, 5) is 10.5. The van der Waals surface area contributed by atoms with Crippen LogP contribution in [0.5, 0.6) is 0 Å². The Hall–Kier alpha value is -0.780. The van der Waals surface area contributed by atoms with Crippen molar-refractivity contribution in [3.05, 3.63) is 27.3 Å². The number of benzene rings is 1. The number of carbonyl (C=O) groups is 1. The summed E-state index contributed by atoms with van der Waals surface area (Å²) in [5.74, 6) is 0. The van der Waals surface area contributed by atoms with Crippen molar-refractivity contribution in [2.45, 2.75) is 6.92 Å². The summed E-state index contributed by atoms with van der Waals surface area (Å²) in [5.41, 5.74) is 6.90. The highest BCUT2D eigenvalue weighted by Crippen LogP contribution is 2.18. The molecule has 0 aliphatic carbocycles. The molecule has 0 heterocycles. The Morgan fingerprint density at radius 1 is 1.58 bits per heavy atom. The van der Waals surface area contributed by atoms with Gasteiger partial charge in [0.05, 0.1) is 5.69 Å². The zero-order valence-electron chi connectivity index (χ0n) is 6.60. The summed E-state index contributed by atoms with van der Waals surface area (Å²) >= 11 is 2.15. The SMILES string of the molecule is Cc1ccc(NC(N)=O)c(I)c1. The molecule has 0 bridgehead atoms. The number of anilines is 1. The largest absolute Gasteiger partial charge is 0.351 e. The van der Waals surface area contributed by atoms with Gasteiger partial charge in [-0.3, -0.25) is 0 Å². The molecule has 0 atom stereocenters. The maximum atomic E-state index is 10.5. The Bertz CT molecular complexity index is 312. The molecule has 4 heteroatoms. The van der Waals surface area contributed by atoms with Crippen LogP contribution in [0.3, 0.4) is 0 Å². The van der Waals surface area contributed by atoms with Crippen LogP contribution in [0, 0.1) is 10.5 Å². The summed E-state index contributed by atoms with van der Waals surface area (Å²) in [7, 11) is 0. The predicted molar refractivity (Wildman–Crippen MR) is 57.1 cm³/mol. The lowest BCUT2D eigenvalue weighted by atomic mass is 10.2. The summed E-state index contributed by atoms with van der Waals surface area (Å²) in [6.07, 6.45) is 0. The molecule has 0 fully saturated rings. The van der Waals surface area contributed by atoms with Crippen molar-refractivity contribution in [3.63, 3.8) is 0 Å². The minimum Gasteiger partial charge on any atom is -0.351 e. The van der Waals surface area contributed by atoms with Crippen molar-refractivity contribution >= 4 is 34.3 Å². The smallest absolute Gasteiger partial charge is 0.316 e. The van der Waals surface area contributed by atoms with Gasteiger partial charge in [0.25, 0.3) is 0 Å². The third-order valence-electron chi connectivity index (χ3n) is 1.38. The number of aryl methyl sites for hydroxylation is 1. The molecule has 3 nitrogen and oxygen atoms in total. The molecule has 0 saturated carbocycles. The van der Waals surface area contributed by atoms with Crippen molar-refractivity contribution in [2.75, 3.05) is 5.32 Å². The minimum absolute atomic E-state index is 0.531. The highest BCUT2D eigenvalue weighted by molar-refractivity contribution is 14.1. The molecule has 1 aromatic rings. The zero-order valence-corrected chi connectivity index (χ0v) is 8.75. The number of halogens is 1. The molecule has 0 aliphatic heterocycles. The van der Waals surface area contributed by atoms with Crippen LogP contribution in [-0.2, 0) is 0 Å². The standard InChI is InChI=1S/C8H9IN2O/c1-5-2-3-7(6(9)4-5)11-8(10)12/h2-4H,1H3,(H3,10,11,12). The molecule has 12 heavy (non-hydrogen) atoms. The lowest BCUT2D eigenvalue weighted by Crippen LogP contribution is -2.19. The van der Waals surface area contributed by atoms with Crippen LogP contribution in [0.15, 0.2) is 18.2 Å². The van der Waals surface area contributed by atoms with Crippen molar-refractivity contribution in [1.82, 2.24) is 0 Å². The second-order valence-corrected chi connectivity index (χ2v) is 3.63. The van der Waals surface area contributed by atoms with Gasteiger partial charge in [-0.15, -0.1) is 0 Å². The summed E-state index contributed by atoms with van der Waals surface area (Å²) in [6.45, 7) is 2.00. The first-order valence-electron chi connectivity index (χ1n) is 3.42. The van der Waals surface area contributed by atoms with E-state index in [1.54, 1.807) is 0 Å². The Balaban J connectivity index is 2.93. The fourth-order valence-electron chi connectivity index (χ4n) is 0.854. The second-order valence-electron chi connectivity index (χ2n) is 2.47. The third-order valence-corrected chi connectivity index (χ3v) is 2.27. The molecule has 0 radical (unpaired) electrons. The second kappa shape index (κ2) is 3.75. The molecular formula is C8H9IN2O. The molecule has 0 unspecified atom stereocenters. The third kappa shape index (κ3) is 2.37. The van der Waals surface area contributed by atoms with E-state index in [0.717, 1.165) is 14.8 Å². The van der Waals surface area contributed by atoms with Gasteiger partial charge in [0.15, 0.2) is 0 Å². The Kier molecular flexibility index (Phi) is 2.91. The van der Waals surface area contributed by atoms with Gasteiger partial charge >= 0.3 is 6.03 Å². The first-order valence-corrected chi connectivity index (χ1v) is 4.50. The van der Waals surface area contributed by atoms with E-state index >= 15 is 0 Å². The van der Waals surface area contributed by atoms with Crippen molar-refractivity contribution in [1.29, 1.82) is 0 Å².